The molecule has 1 saturated heterocycles. The maximum absolute atomic E-state index is 9.78. The molecule has 0 spiro atoms. The largest absolute Gasteiger partial charge is 0.504 e. The van der Waals surface area contributed by atoms with Crippen molar-refractivity contribution >= 4 is 12.4 Å². The van der Waals surface area contributed by atoms with Gasteiger partial charge in [-0.25, -0.2) is 0 Å². The Kier molecular flexibility index (Phi) is 6.42. The van der Waals surface area contributed by atoms with Crippen LogP contribution in [0.5, 0.6) is 11.5 Å². The smallest absolute Gasteiger partial charge is 0.160 e. The quantitative estimate of drug-likeness (QED) is 0.890. The predicted molar refractivity (Wildman–Crippen MR) is 79.0 cm³/mol. The van der Waals surface area contributed by atoms with Crippen LogP contribution in [-0.4, -0.2) is 36.2 Å². The molecule has 1 aromatic rings. The Bertz CT molecular complexity index is 401. The highest BCUT2D eigenvalue weighted by Gasteiger charge is 2.21. The van der Waals surface area contributed by atoms with Crippen molar-refractivity contribution in [1.29, 1.82) is 0 Å². The van der Waals surface area contributed by atoms with Gasteiger partial charge in [-0.1, -0.05) is 12.5 Å². The van der Waals surface area contributed by atoms with Gasteiger partial charge in [-0.05, 0) is 37.1 Å². The molecule has 1 aliphatic rings. The first kappa shape index (κ1) is 16.1. The minimum absolute atomic E-state index is 0. The fourth-order valence-electron chi connectivity index (χ4n) is 2.60. The zero-order valence-electron chi connectivity index (χ0n) is 11.3. The van der Waals surface area contributed by atoms with Crippen LogP contribution in [0.1, 0.15) is 24.8 Å². The Hall–Kier alpha value is -0.970. The molecule has 0 amide bonds. The molecular formula is C14H23ClN2O2. The van der Waals surface area contributed by atoms with E-state index < -0.39 is 0 Å². The minimum atomic E-state index is 0. The van der Waals surface area contributed by atoms with E-state index in [9.17, 15) is 5.11 Å². The van der Waals surface area contributed by atoms with Crippen molar-refractivity contribution in [3.63, 3.8) is 0 Å². The third kappa shape index (κ3) is 4.00. The third-order valence-corrected chi connectivity index (χ3v) is 3.65. The van der Waals surface area contributed by atoms with Crippen molar-refractivity contribution in [3.8, 4) is 11.5 Å². The van der Waals surface area contributed by atoms with Crippen molar-refractivity contribution in [3.05, 3.63) is 23.8 Å². The number of halogens is 1. The van der Waals surface area contributed by atoms with Crippen LogP contribution in [0.3, 0.4) is 0 Å². The molecule has 0 saturated carbocycles. The monoisotopic (exact) mass is 286 g/mol. The number of piperidine rings is 1. The Morgan fingerprint density at radius 1 is 1.42 bits per heavy atom. The summed E-state index contributed by atoms with van der Waals surface area (Å²) in [5, 5.41) is 9.78. The number of aromatic hydroxyl groups is 1. The first-order valence-electron chi connectivity index (χ1n) is 6.54. The van der Waals surface area contributed by atoms with Crippen LogP contribution >= 0.6 is 12.4 Å². The summed E-state index contributed by atoms with van der Waals surface area (Å²) >= 11 is 0. The second-order valence-corrected chi connectivity index (χ2v) is 4.86. The summed E-state index contributed by atoms with van der Waals surface area (Å²) in [6, 6.07) is 6.07. The highest BCUT2D eigenvalue weighted by atomic mass is 35.5. The van der Waals surface area contributed by atoms with E-state index in [1.54, 1.807) is 13.2 Å². The summed E-state index contributed by atoms with van der Waals surface area (Å²) in [5.41, 5.74) is 6.92. The average molecular weight is 287 g/mol. The summed E-state index contributed by atoms with van der Waals surface area (Å²) in [6.07, 6.45) is 3.68. The molecule has 4 nitrogen and oxygen atoms in total. The van der Waals surface area contributed by atoms with Gasteiger partial charge in [-0.2, -0.15) is 0 Å². The number of likely N-dealkylation sites (tertiary alicyclic amines) is 1. The summed E-state index contributed by atoms with van der Waals surface area (Å²) in [7, 11) is 1.56. The van der Waals surface area contributed by atoms with Gasteiger partial charge in [-0.15, -0.1) is 12.4 Å². The Morgan fingerprint density at radius 3 is 2.84 bits per heavy atom. The van der Waals surface area contributed by atoms with E-state index in [0.29, 0.717) is 18.3 Å². The lowest BCUT2D eigenvalue weighted by Gasteiger charge is -2.35. The summed E-state index contributed by atoms with van der Waals surface area (Å²) in [4.78, 5) is 2.41. The van der Waals surface area contributed by atoms with E-state index in [1.165, 1.54) is 19.3 Å². The van der Waals surface area contributed by atoms with Crippen molar-refractivity contribution in [1.82, 2.24) is 4.90 Å². The zero-order valence-corrected chi connectivity index (χ0v) is 12.2. The van der Waals surface area contributed by atoms with Gasteiger partial charge in [0.2, 0.25) is 0 Å². The minimum Gasteiger partial charge on any atom is -0.504 e. The number of hydrogen-bond donors (Lipinski definition) is 2. The van der Waals surface area contributed by atoms with Crippen LogP contribution in [0.25, 0.3) is 0 Å². The molecule has 19 heavy (non-hydrogen) atoms. The molecule has 108 valence electrons. The molecule has 0 radical (unpaired) electrons. The zero-order chi connectivity index (χ0) is 13.0. The molecule has 1 aromatic carbocycles. The Labute approximate surface area is 121 Å². The Balaban J connectivity index is 0.00000180. The fourth-order valence-corrected chi connectivity index (χ4v) is 2.60. The molecule has 1 unspecified atom stereocenters. The standard InChI is InChI=1S/C14H22N2O2.ClH/c1-18-14-6-5-11(8-13(14)17)10-16-7-3-2-4-12(16)9-15;/h5-6,8,12,17H,2-4,7,9-10,15H2,1H3;1H. The van der Waals surface area contributed by atoms with Crippen LogP contribution in [0.2, 0.25) is 0 Å². The number of nitrogens with zero attached hydrogens (tertiary/aromatic N) is 1. The van der Waals surface area contributed by atoms with Crippen molar-refractivity contribution in [2.45, 2.75) is 31.8 Å². The number of phenols is 1. The molecule has 1 fully saturated rings. The second-order valence-electron chi connectivity index (χ2n) is 4.86. The van der Waals surface area contributed by atoms with Gasteiger partial charge >= 0.3 is 0 Å². The number of benzene rings is 1. The van der Waals surface area contributed by atoms with Crippen LogP contribution in [0, 0.1) is 0 Å². The molecule has 0 aliphatic carbocycles. The molecule has 2 rings (SSSR count). The number of ether oxygens (including phenoxy) is 1. The SMILES string of the molecule is COc1ccc(CN2CCCCC2CN)cc1O.Cl. The lowest BCUT2D eigenvalue weighted by molar-refractivity contribution is 0.144. The van der Waals surface area contributed by atoms with E-state index in [0.717, 1.165) is 18.7 Å². The number of nitrogens with two attached hydrogens (primary N) is 1. The highest BCUT2D eigenvalue weighted by Crippen LogP contribution is 2.27. The van der Waals surface area contributed by atoms with E-state index in [-0.39, 0.29) is 18.2 Å². The maximum Gasteiger partial charge on any atom is 0.160 e. The number of methoxy groups -OCH3 is 1. The molecular weight excluding hydrogens is 264 g/mol. The number of phenolic OH excluding ortho intramolecular Hbond substituents is 1. The normalized spacial score (nSPS) is 19.8. The van der Waals surface area contributed by atoms with Crippen molar-refractivity contribution < 1.29 is 9.84 Å². The van der Waals surface area contributed by atoms with Gasteiger partial charge in [0.05, 0.1) is 7.11 Å². The molecule has 0 bridgehead atoms. The van der Waals surface area contributed by atoms with Gasteiger partial charge in [0.25, 0.3) is 0 Å². The summed E-state index contributed by atoms with van der Waals surface area (Å²) in [5.74, 6) is 0.726. The first-order chi connectivity index (χ1) is 8.74. The van der Waals surface area contributed by atoms with E-state index in [4.69, 9.17) is 10.5 Å². The van der Waals surface area contributed by atoms with E-state index >= 15 is 0 Å². The Morgan fingerprint density at radius 2 is 2.21 bits per heavy atom. The van der Waals surface area contributed by atoms with E-state index in [2.05, 4.69) is 4.90 Å². The highest BCUT2D eigenvalue weighted by molar-refractivity contribution is 5.85. The molecule has 5 heteroatoms. The van der Waals surface area contributed by atoms with Crippen LogP contribution in [0.15, 0.2) is 18.2 Å². The topological polar surface area (TPSA) is 58.7 Å². The average Bonchev–Trinajstić information content (AvgIpc) is 2.39. The fraction of sp³-hybridized carbons (Fsp3) is 0.571. The van der Waals surface area contributed by atoms with Crippen LogP contribution in [0.4, 0.5) is 0 Å². The molecule has 1 heterocycles. The van der Waals surface area contributed by atoms with Crippen molar-refractivity contribution in [2.24, 2.45) is 5.73 Å². The second kappa shape index (κ2) is 7.58. The molecule has 1 aliphatic heterocycles. The predicted octanol–water partition coefficient (Wildman–Crippen LogP) is 2.14. The summed E-state index contributed by atoms with van der Waals surface area (Å²) < 4.78 is 5.05. The van der Waals surface area contributed by atoms with Gasteiger partial charge in [0.1, 0.15) is 0 Å². The lowest BCUT2D eigenvalue weighted by atomic mass is 10.0. The molecule has 1 atom stereocenters. The lowest BCUT2D eigenvalue weighted by Crippen LogP contribution is -2.43. The maximum atomic E-state index is 9.78. The summed E-state index contributed by atoms with van der Waals surface area (Å²) in [6.45, 7) is 2.65. The van der Waals surface area contributed by atoms with Crippen molar-refractivity contribution in [2.75, 3.05) is 20.2 Å². The van der Waals surface area contributed by atoms with Crippen LogP contribution in [-0.2, 0) is 6.54 Å². The number of hydrogen-bond acceptors (Lipinski definition) is 4. The first-order valence-corrected chi connectivity index (χ1v) is 6.54. The molecule has 3 N–H and O–H groups in total. The molecule has 0 aromatic heterocycles. The van der Waals surface area contributed by atoms with Crippen LogP contribution < -0.4 is 10.5 Å². The third-order valence-electron chi connectivity index (χ3n) is 3.65. The van der Waals surface area contributed by atoms with Gasteiger partial charge in [0.15, 0.2) is 11.5 Å². The van der Waals surface area contributed by atoms with Gasteiger partial charge in [0, 0.05) is 19.1 Å². The van der Waals surface area contributed by atoms with E-state index in [1.807, 2.05) is 12.1 Å². The number of rotatable bonds is 4. The van der Waals surface area contributed by atoms with Gasteiger partial charge in [-0.3, -0.25) is 4.90 Å². The van der Waals surface area contributed by atoms with Gasteiger partial charge < -0.3 is 15.6 Å².